The van der Waals surface area contributed by atoms with E-state index in [1.165, 1.54) is 0 Å². The molecule has 0 amide bonds. The second-order valence-electron chi connectivity index (χ2n) is 1.84. The summed E-state index contributed by atoms with van der Waals surface area (Å²) in [5, 5.41) is 25.1. The van der Waals surface area contributed by atoms with Gasteiger partial charge in [-0.1, -0.05) is 0 Å². The number of aliphatic hydroxyl groups excluding tert-OH is 2. The van der Waals surface area contributed by atoms with E-state index in [1.807, 2.05) is 0 Å². The maximum atomic E-state index is 10.2. The predicted octanol–water partition coefficient (Wildman–Crippen LogP) is -1.62. The molecule has 0 aromatic heterocycles. The third kappa shape index (κ3) is 2.12. The third-order valence-electron chi connectivity index (χ3n) is 0.969. The van der Waals surface area contributed by atoms with Crippen molar-refractivity contribution in [2.24, 2.45) is 0 Å². The summed E-state index contributed by atoms with van der Waals surface area (Å²) in [6, 6.07) is 0. The average Bonchev–Trinajstić information content (AvgIpc) is 1.84. The van der Waals surface area contributed by atoms with E-state index in [0.29, 0.717) is 0 Å². The lowest BCUT2D eigenvalue weighted by Gasteiger charge is -2.08. The van der Waals surface area contributed by atoms with Gasteiger partial charge in [0.15, 0.2) is 11.9 Å². The van der Waals surface area contributed by atoms with Crippen LogP contribution in [0.2, 0.25) is 0 Å². The van der Waals surface area contributed by atoms with Crippen LogP contribution in [0.15, 0.2) is 0 Å². The first-order valence-electron chi connectivity index (χ1n) is 2.56. The molecule has 0 aliphatic carbocycles. The van der Waals surface area contributed by atoms with Crippen molar-refractivity contribution in [2.75, 3.05) is 0 Å². The van der Waals surface area contributed by atoms with E-state index in [0.717, 1.165) is 6.92 Å². The lowest BCUT2D eigenvalue weighted by molar-refractivity contribution is -0.156. The van der Waals surface area contributed by atoms with E-state index in [9.17, 15) is 9.59 Å². The summed E-state index contributed by atoms with van der Waals surface area (Å²) in [5.74, 6) is -2.38. The highest BCUT2D eigenvalue weighted by molar-refractivity contribution is 5.87. The quantitative estimate of drug-likeness (QED) is 0.447. The van der Waals surface area contributed by atoms with Crippen molar-refractivity contribution >= 4 is 11.8 Å². The van der Waals surface area contributed by atoms with Crippen molar-refractivity contribution in [1.82, 2.24) is 0 Å². The van der Waals surface area contributed by atoms with Crippen LogP contribution in [-0.4, -0.2) is 39.3 Å². The van der Waals surface area contributed by atoms with Crippen LogP contribution >= 0.6 is 0 Å². The van der Waals surface area contributed by atoms with Crippen LogP contribution in [0.1, 0.15) is 6.92 Å². The van der Waals surface area contributed by atoms with Crippen LogP contribution in [0, 0.1) is 0 Å². The molecule has 0 heterocycles. The molecule has 0 fully saturated rings. The molecule has 0 aliphatic heterocycles. The van der Waals surface area contributed by atoms with Gasteiger partial charge in [-0.05, 0) is 6.92 Å². The van der Waals surface area contributed by atoms with Crippen molar-refractivity contribution < 1.29 is 24.9 Å². The minimum absolute atomic E-state index is 0.769. The number of ketones is 1. The Balaban J connectivity index is 4.07. The van der Waals surface area contributed by atoms with E-state index in [2.05, 4.69) is 0 Å². The molecule has 0 aromatic carbocycles. The molecule has 0 saturated carbocycles. The Hall–Kier alpha value is -0.940. The summed E-state index contributed by atoms with van der Waals surface area (Å²) in [7, 11) is 0. The highest BCUT2D eigenvalue weighted by atomic mass is 16.4. The molecule has 0 rings (SSSR count). The lowest BCUT2D eigenvalue weighted by Crippen LogP contribution is -2.38. The first-order chi connectivity index (χ1) is 4.46. The molecule has 0 radical (unpaired) electrons. The zero-order chi connectivity index (χ0) is 8.31. The van der Waals surface area contributed by atoms with Gasteiger partial charge >= 0.3 is 5.97 Å². The van der Waals surface area contributed by atoms with Gasteiger partial charge in [0.1, 0.15) is 6.10 Å². The van der Waals surface area contributed by atoms with Crippen molar-refractivity contribution in [2.45, 2.75) is 19.1 Å². The van der Waals surface area contributed by atoms with E-state index < -0.39 is 24.0 Å². The van der Waals surface area contributed by atoms with Gasteiger partial charge < -0.3 is 15.3 Å². The number of aliphatic hydroxyl groups is 2. The average molecular weight is 148 g/mol. The summed E-state index contributed by atoms with van der Waals surface area (Å²) >= 11 is 0. The van der Waals surface area contributed by atoms with Crippen LogP contribution < -0.4 is 0 Å². The number of rotatable bonds is 3. The first-order valence-corrected chi connectivity index (χ1v) is 2.56. The molecule has 0 aromatic rings. The van der Waals surface area contributed by atoms with Gasteiger partial charge in [-0.3, -0.25) is 4.79 Å². The zero-order valence-electron chi connectivity index (χ0n) is 5.31. The van der Waals surface area contributed by atoms with Crippen LogP contribution in [0.5, 0.6) is 0 Å². The number of carbonyl (C=O) groups is 2. The summed E-state index contributed by atoms with van der Waals surface area (Å²) in [6.07, 6.45) is -3.84. The van der Waals surface area contributed by atoms with Gasteiger partial charge in [-0.15, -0.1) is 0 Å². The number of carboxylic acids is 1. The number of Topliss-reactive ketones (excluding diaryl/α,β-unsaturated/α-hetero) is 1. The Labute approximate surface area is 56.9 Å². The summed E-state index contributed by atoms with van der Waals surface area (Å²) in [6.45, 7) is 0.997. The second kappa shape index (κ2) is 3.28. The topological polar surface area (TPSA) is 94.8 Å². The minimum atomic E-state index is -2.02. The van der Waals surface area contributed by atoms with Crippen LogP contribution in [-0.2, 0) is 9.59 Å². The Kier molecular flexibility index (Phi) is 2.98. The summed E-state index contributed by atoms with van der Waals surface area (Å²) in [5.41, 5.74) is 0. The monoisotopic (exact) mass is 148 g/mol. The molecule has 5 nitrogen and oxygen atoms in total. The fraction of sp³-hybridized carbons (Fsp3) is 0.600. The number of hydrogen-bond acceptors (Lipinski definition) is 4. The molecular formula is C5H8O5. The van der Waals surface area contributed by atoms with Gasteiger partial charge in [0.25, 0.3) is 0 Å². The molecule has 5 heteroatoms. The van der Waals surface area contributed by atoms with Crippen molar-refractivity contribution in [3.63, 3.8) is 0 Å². The standard InChI is InChI=1S/C5H8O5/c1-2(6)3(7)4(8)5(9)10/h3-4,7-8H,1H3,(H,9,10)/t3-,4+/m0/s1. The largest absolute Gasteiger partial charge is 0.479 e. The fourth-order valence-corrected chi connectivity index (χ4v) is 0.357. The molecule has 0 saturated heterocycles. The smallest absolute Gasteiger partial charge is 0.335 e. The summed E-state index contributed by atoms with van der Waals surface area (Å²) < 4.78 is 0. The number of aliphatic carboxylic acids is 1. The Morgan fingerprint density at radius 3 is 1.70 bits per heavy atom. The Bertz CT molecular complexity index is 134. The first kappa shape index (κ1) is 9.06. The molecule has 10 heavy (non-hydrogen) atoms. The van der Waals surface area contributed by atoms with E-state index >= 15 is 0 Å². The number of carbonyl (C=O) groups excluding carboxylic acids is 1. The lowest BCUT2D eigenvalue weighted by atomic mass is 10.1. The van der Waals surface area contributed by atoms with E-state index in [-0.39, 0.29) is 0 Å². The van der Waals surface area contributed by atoms with E-state index in [1.54, 1.807) is 0 Å². The van der Waals surface area contributed by atoms with Gasteiger partial charge in [-0.25, -0.2) is 4.79 Å². The number of hydrogen-bond donors (Lipinski definition) is 3. The molecule has 58 valence electrons. The van der Waals surface area contributed by atoms with Crippen LogP contribution in [0.4, 0.5) is 0 Å². The van der Waals surface area contributed by atoms with Gasteiger partial charge in [0.05, 0.1) is 0 Å². The van der Waals surface area contributed by atoms with Gasteiger partial charge in [0.2, 0.25) is 0 Å². The third-order valence-corrected chi connectivity index (χ3v) is 0.969. The van der Waals surface area contributed by atoms with Gasteiger partial charge in [0, 0.05) is 0 Å². The highest BCUT2D eigenvalue weighted by Crippen LogP contribution is 1.93. The highest BCUT2D eigenvalue weighted by Gasteiger charge is 2.26. The zero-order valence-corrected chi connectivity index (χ0v) is 5.31. The van der Waals surface area contributed by atoms with Crippen molar-refractivity contribution in [3.05, 3.63) is 0 Å². The normalized spacial score (nSPS) is 15.9. The molecule has 0 unspecified atom stereocenters. The molecule has 2 atom stereocenters. The maximum Gasteiger partial charge on any atom is 0.335 e. The second-order valence-corrected chi connectivity index (χ2v) is 1.84. The Morgan fingerprint density at radius 2 is 1.60 bits per heavy atom. The van der Waals surface area contributed by atoms with E-state index in [4.69, 9.17) is 15.3 Å². The maximum absolute atomic E-state index is 10.2. The SMILES string of the molecule is CC(=O)[C@H](O)[C@@H](O)C(=O)O. The fourth-order valence-electron chi connectivity index (χ4n) is 0.357. The number of carboxylic acid groups (broad SMARTS) is 1. The predicted molar refractivity (Wildman–Crippen MR) is 30.3 cm³/mol. The van der Waals surface area contributed by atoms with Crippen molar-refractivity contribution in [3.8, 4) is 0 Å². The van der Waals surface area contributed by atoms with Crippen LogP contribution in [0.25, 0.3) is 0 Å². The van der Waals surface area contributed by atoms with Gasteiger partial charge in [-0.2, -0.15) is 0 Å². The molecule has 3 N–H and O–H groups in total. The van der Waals surface area contributed by atoms with Crippen LogP contribution in [0.3, 0.4) is 0 Å². The summed E-state index contributed by atoms with van der Waals surface area (Å²) in [4.78, 5) is 20.1. The van der Waals surface area contributed by atoms with Crippen molar-refractivity contribution in [1.29, 1.82) is 0 Å². The molecule has 0 aliphatic rings. The molecular weight excluding hydrogens is 140 g/mol. The Morgan fingerprint density at radius 1 is 1.20 bits per heavy atom. The molecule has 0 spiro atoms. The molecule has 0 bridgehead atoms. The minimum Gasteiger partial charge on any atom is -0.479 e.